The average molecular weight is 250 g/mol. The van der Waals surface area contributed by atoms with Crippen molar-refractivity contribution >= 4 is 18.3 Å². The highest BCUT2D eigenvalue weighted by Gasteiger charge is 2.11. The fraction of sp³-hybridized carbons (Fsp3) is 0.231. The van der Waals surface area contributed by atoms with E-state index in [1.165, 1.54) is 19.3 Å². The molecule has 0 atom stereocenters. The van der Waals surface area contributed by atoms with Gasteiger partial charge in [0, 0.05) is 11.1 Å². The molecule has 5 nitrogen and oxygen atoms in total. The van der Waals surface area contributed by atoms with Crippen molar-refractivity contribution in [1.82, 2.24) is 0 Å². The Labute approximate surface area is 104 Å². The number of benzene rings is 1. The second-order valence-electron chi connectivity index (χ2n) is 3.60. The highest BCUT2D eigenvalue weighted by Crippen LogP contribution is 2.28. The predicted molar refractivity (Wildman–Crippen MR) is 65.4 cm³/mol. The van der Waals surface area contributed by atoms with Crippen LogP contribution in [-0.2, 0) is 9.53 Å². The maximum absolute atomic E-state index is 11.4. The van der Waals surface area contributed by atoms with Crippen LogP contribution in [-0.4, -0.2) is 29.6 Å². The molecule has 5 heteroatoms. The monoisotopic (exact) mass is 250 g/mol. The van der Waals surface area contributed by atoms with Crippen LogP contribution in [0.1, 0.15) is 29.3 Å². The smallest absolute Gasteiger partial charge is 0.333 e. The number of hydrogen-bond acceptors (Lipinski definition) is 5. The number of phenolic OH excluding ortho intramolecular Hbond substituents is 2. The Balaban J connectivity index is 3.25. The molecule has 96 valence electrons. The standard InChI is InChI=1S/C13H14O5/c1-3-8(13(17)18-2)4-9-5-12(16)10(7-14)6-11(9)15/h4-7,15-16H,3H2,1-2H3/b8-4+. The molecule has 0 unspecified atom stereocenters. The molecule has 0 fully saturated rings. The molecule has 0 aliphatic carbocycles. The van der Waals surface area contributed by atoms with Crippen molar-refractivity contribution in [3.63, 3.8) is 0 Å². The molecule has 0 saturated heterocycles. The van der Waals surface area contributed by atoms with Crippen LogP contribution in [0, 0.1) is 0 Å². The zero-order valence-corrected chi connectivity index (χ0v) is 10.1. The Bertz CT molecular complexity index is 502. The molecule has 0 aliphatic heterocycles. The lowest BCUT2D eigenvalue weighted by molar-refractivity contribution is -0.136. The topological polar surface area (TPSA) is 83.8 Å². The first-order valence-corrected chi connectivity index (χ1v) is 5.33. The van der Waals surface area contributed by atoms with Gasteiger partial charge in [-0.15, -0.1) is 0 Å². The van der Waals surface area contributed by atoms with E-state index in [1.54, 1.807) is 6.92 Å². The summed E-state index contributed by atoms with van der Waals surface area (Å²) < 4.78 is 4.58. The van der Waals surface area contributed by atoms with Gasteiger partial charge < -0.3 is 14.9 Å². The molecular weight excluding hydrogens is 236 g/mol. The summed E-state index contributed by atoms with van der Waals surface area (Å²) in [6, 6.07) is 2.36. The van der Waals surface area contributed by atoms with E-state index in [-0.39, 0.29) is 22.6 Å². The number of carbonyl (C=O) groups is 2. The lowest BCUT2D eigenvalue weighted by Crippen LogP contribution is -2.03. The first-order valence-electron chi connectivity index (χ1n) is 5.33. The van der Waals surface area contributed by atoms with Crippen molar-refractivity contribution in [3.8, 4) is 11.5 Å². The van der Waals surface area contributed by atoms with Crippen LogP contribution in [0.2, 0.25) is 0 Å². The van der Waals surface area contributed by atoms with Gasteiger partial charge in [-0.2, -0.15) is 0 Å². The van der Waals surface area contributed by atoms with E-state index in [4.69, 9.17) is 0 Å². The molecule has 0 aliphatic rings. The van der Waals surface area contributed by atoms with Crippen LogP contribution >= 0.6 is 0 Å². The number of esters is 1. The fourth-order valence-electron chi connectivity index (χ4n) is 1.44. The Hall–Kier alpha value is -2.30. The van der Waals surface area contributed by atoms with Crippen molar-refractivity contribution in [2.24, 2.45) is 0 Å². The summed E-state index contributed by atoms with van der Waals surface area (Å²) in [7, 11) is 1.26. The zero-order chi connectivity index (χ0) is 13.7. The van der Waals surface area contributed by atoms with Gasteiger partial charge in [0.25, 0.3) is 0 Å². The third-order valence-electron chi connectivity index (χ3n) is 2.46. The summed E-state index contributed by atoms with van der Waals surface area (Å²) >= 11 is 0. The second-order valence-corrected chi connectivity index (χ2v) is 3.60. The fourth-order valence-corrected chi connectivity index (χ4v) is 1.44. The third-order valence-corrected chi connectivity index (χ3v) is 2.46. The number of methoxy groups -OCH3 is 1. The minimum absolute atomic E-state index is 0.0132. The van der Waals surface area contributed by atoms with Crippen LogP contribution in [0.25, 0.3) is 6.08 Å². The number of phenols is 2. The molecule has 1 aromatic rings. The molecule has 0 aromatic heterocycles. The number of aldehydes is 1. The molecule has 1 rings (SSSR count). The summed E-state index contributed by atoms with van der Waals surface area (Å²) in [6.07, 6.45) is 2.27. The molecular formula is C13H14O5. The first kappa shape index (κ1) is 13.8. The third kappa shape index (κ3) is 2.88. The number of rotatable bonds is 4. The van der Waals surface area contributed by atoms with Gasteiger partial charge in [-0.3, -0.25) is 4.79 Å². The number of hydrogen-bond donors (Lipinski definition) is 2. The van der Waals surface area contributed by atoms with Gasteiger partial charge in [-0.1, -0.05) is 6.92 Å². The van der Waals surface area contributed by atoms with Crippen molar-refractivity contribution in [1.29, 1.82) is 0 Å². The maximum atomic E-state index is 11.4. The summed E-state index contributed by atoms with van der Waals surface area (Å²) in [5, 5.41) is 19.2. The average Bonchev–Trinajstić information content (AvgIpc) is 2.38. The van der Waals surface area contributed by atoms with Crippen LogP contribution in [0.5, 0.6) is 11.5 Å². The van der Waals surface area contributed by atoms with Gasteiger partial charge in [-0.25, -0.2) is 4.79 Å². The van der Waals surface area contributed by atoms with E-state index in [9.17, 15) is 19.8 Å². The van der Waals surface area contributed by atoms with E-state index >= 15 is 0 Å². The lowest BCUT2D eigenvalue weighted by Gasteiger charge is -2.06. The molecule has 0 radical (unpaired) electrons. The van der Waals surface area contributed by atoms with Gasteiger partial charge in [0.15, 0.2) is 6.29 Å². The largest absolute Gasteiger partial charge is 0.507 e. The number of aromatic hydroxyl groups is 2. The molecule has 18 heavy (non-hydrogen) atoms. The van der Waals surface area contributed by atoms with Crippen molar-refractivity contribution in [2.75, 3.05) is 7.11 Å². The maximum Gasteiger partial charge on any atom is 0.333 e. The normalized spacial score (nSPS) is 11.1. The van der Waals surface area contributed by atoms with Gasteiger partial charge >= 0.3 is 5.97 Å². The molecule has 1 aromatic carbocycles. The zero-order valence-electron chi connectivity index (χ0n) is 10.1. The van der Waals surface area contributed by atoms with Gasteiger partial charge in [-0.05, 0) is 24.6 Å². The van der Waals surface area contributed by atoms with Crippen LogP contribution in [0.4, 0.5) is 0 Å². The Morgan fingerprint density at radius 3 is 2.33 bits per heavy atom. The molecule has 0 heterocycles. The molecule has 0 bridgehead atoms. The van der Waals surface area contributed by atoms with Gasteiger partial charge in [0.05, 0.1) is 12.7 Å². The summed E-state index contributed by atoms with van der Waals surface area (Å²) in [6.45, 7) is 1.76. The van der Waals surface area contributed by atoms with E-state index in [0.717, 1.165) is 6.07 Å². The Morgan fingerprint density at radius 2 is 1.83 bits per heavy atom. The summed E-state index contributed by atoms with van der Waals surface area (Å²) in [5.41, 5.74) is 0.590. The Morgan fingerprint density at radius 1 is 1.28 bits per heavy atom. The van der Waals surface area contributed by atoms with Crippen molar-refractivity contribution < 1.29 is 24.5 Å². The highest BCUT2D eigenvalue weighted by molar-refractivity contribution is 5.94. The van der Waals surface area contributed by atoms with Crippen LogP contribution < -0.4 is 0 Å². The summed E-state index contributed by atoms with van der Waals surface area (Å²) in [4.78, 5) is 21.9. The van der Waals surface area contributed by atoms with E-state index in [1.807, 2.05) is 0 Å². The van der Waals surface area contributed by atoms with Gasteiger partial charge in [0.1, 0.15) is 11.5 Å². The van der Waals surface area contributed by atoms with Crippen LogP contribution in [0.15, 0.2) is 17.7 Å². The quantitative estimate of drug-likeness (QED) is 0.369. The minimum Gasteiger partial charge on any atom is -0.507 e. The molecule has 0 amide bonds. The molecule has 0 saturated carbocycles. The second kappa shape index (κ2) is 5.86. The first-order chi connectivity index (χ1) is 8.53. The van der Waals surface area contributed by atoms with Gasteiger partial charge in [0.2, 0.25) is 0 Å². The highest BCUT2D eigenvalue weighted by atomic mass is 16.5. The van der Waals surface area contributed by atoms with Crippen molar-refractivity contribution in [2.45, 2.75) is 13.3 Å². The van der Waals surface area contributed by atoms with Crippen LogP contribution in [0.3, 0.4) is 0 Å². The molecule has 2 N–H and O–H groups in total. The number of carbonyl (C=O) groups excluding carboxylic acids is 2. The predicted octanol–water partition coefficient (Wildman–Crippen LogP) is 1.88. The summed E-state index contributed by atoms with van der Waals surface area (Å²) in [5.74, 6) is -0.949. The molecule has 0 spiro atoms. The van der Waals surface area contributed by atoms with E-state index in [2.05, 4.69) is 4.74 Å². The number of ether oxygens (including phenoxy) is 1. The SMILES string of the molecule is CC/C(=C\c1cc(O)c(C=O)cc1O)C(=O)OC. The van der Waals surface area contributed by atoms with Crippen molar-refractivity contribution in [3.05, 3.63) is 28.8 Å². The lowest BCUT2D eigenvalue weighted by atomic mass is 10.1. The Kier molecular flexibility index (Phi) is 4.48. The minimum atomic E-state index is -0.504. The van der Waals surface area contributed by atoms with E-state index in [0.29, 0.717) is 18.3 Å². The van der Waals surface area contributed by atoms with E-state index < -0.39 is 5.97 Å².